The van der Waals surface area contributed by atoms with Crippen LogP contribution in [0.1, 0.15) is 60.3 Å². The summed E-state index contributed by atoms with van der Waals surface area (Å²) in [6, 6.07) is 38.8. The number of hydrogen-bond acceptors (Lipinski definition) is 2. The van der Waals surface area contributed by atoms with Crippen molar-refractivity contribution in [1.82, 2.24) is 0 Å². The number of hydrogen-bond donors (Lipinski definition) is 0. The number of benzene rings is 4. The van der Waals surface area contributed by atoms with Gasteiger partial charge in [-0.3, -0.25) is 0 Å². The van der Waals surface area contributed by atoms with E-state index in [0.717, 1.165) is 12.8 Å². The molecule has 1 heterocycles. The van der Waals surface area contributed by atoms with E-state index < -0.39 is 0 Å². The Kier molecular flexibility index (Phi) is 7.58. The number of aryl methyl sites for hydroxylation is 1. The summed E-state index contributed by atoms with van der Waals surface area (Å²) in [5.41, 5.74) is 11.7. The molecule has 4 aliphatic rings. The molecule has 4 unspecified atom stereocenters. The van der Waals surface area contributed by atoms with Gasteiger partial charge in [-0.05, 0) is 90.8 Å². The summed E-state index contributed by atoms with van der Waals surface area (Å²) in [7, 11) is 0. The zero-order valence-corrected chi connectivity index (χ0v) is 26.8. The van der Waals surface area contributed by atoms with E-state index >= 15 is 0 Å². The Bertz CT molecular complexity index is 1860. The fourth-order valence-electron chi connectivity index (χ4n) is 7.94. The van der Waals surface area contributed by atoms with Crippen molar-refractivity contribution >= 4 is 22.6 Å². The van der Waals surface area contributed by atoms with Gasteiger partial charge in [0.05, 0.1) is 6.04 Å². The number of anilines is 3. The van der Waals surface area contributed by atoms with Gasteiger partial charge in [0, 0.05) is 40.6 Å². The van der Waals surface area contributed by atoms with Crippen molar-refractivity contribution in [3.8, 4) is 0 Å². The topological polar surface area (TPSA) is 6.48 Å². The number of rotatable bonds is 6. The first kappa shape index (κ1) is 28.6. The Morgan fingerprint density at radius 2 is 1.41 bits per heavy atom. The van der Waals surface area contributed by atoms with Gasteiger partial charge >= 0.3 is 0 Å². The normalized spacial score (nSPS) is 24.7. The van der Waals surface area contributed by atoms with Crippen molar-refractivity contribution in [2.75, 3.05) is 9.80 Å². The average molecular weight is 599 g/mol. The van der Waals surface area contributed by atoms with Gasteiger partial charge in [-0.1, -0.05) is 128 Å². The Morgan fingerprint density at radius 1 is 0.674 bits per heavy atom. The van der Waals surface area contributed by atoms with E-state index in [-0.39, 0.29) is 0 Å². The maximum Gasteiger partial charge on any atom is 0.0514 e. The van der Waals surface area contributed by atoms with Gasteiger partial charge in [-0.25, -0.2) is 0 Å². The van der Waals surface area contributed by atoms with Crippen LogP contribution in [-0.4, -0.2) is 12.1 Å². The van der Waals surface area contributed by atoms with E-state index in [9.17, 15) is 0 Å². The lowest BCUT2D eigenvalue weighted by Crippen LogP contribution is -2.43. The molecule has 46 heavy (non-hydrogen) atoms. The van der Waals surface area contributed by atoms with Crippen LogP contribution in [0.3, 0.4) is 0 Å². The molecular formula is C44H42N2. The molecule has 4 aromatic rings. The standard InChI is InChI=1S/C44H42N2/c1-31-12-21-37(22-13-31)45(38-23-15-34(16-24-38)33-8-4-3-5-9-33)39-25-17-35(18-26-39)36-19-27-40(28-20-36)46-43-11-7-6-10-41(43)42-29-14-32(2)30-44(42)46/h3-15,17-27,29,32,34,40,42,44H,16,28,30H2,1-2H3/t32-,34?,40?,42?,44?/m1/s1. The molecule has 5 atom stereocenters. The second-order valence-corrected chi connectivity index (χ2v) is 13.4. The van der Waals surface area contributed by atoms with Crippen molar-refractivity contribution in [3.63, 3.8) is 0 Å². The molecule has 2 heteroatoms. The van der Waals surface area contributed by atoms with Gasteiger partial charge in [0.25, 0.3) is 0 Å². The van der Waals surface area contributed by atoms with Crippen molar-refractivity contribution in [1.29, 1.82) is 0 Å². The van der Waals surface area contributed by atoms with Gasteiger partial charge in [0.1, 0.15) is 0 Å². The maximum atomic E-state index is 2.72. The molecule has 0 N–H and O–H groups in total. The average Bonchev–Trinajstić information content (AvgIpc) is 3.43. The smallest absolute Gasteiger partial charge is 0.0514 e. The van der Waals surface area contributed by atoms with Gasteiger partial charge in [-0.15, -0.1) is 0 Å². The second-order valence-electron chi connectivity index (χ2n) is 13.4. The van der Waals surface area contributed by atoms with Crippen LogP contribution in [0.5, 0.6) is 0 Å². The van der Waals surface area contributed by atoms with Crippen LogP contribution in [-0.2, 0) is 0 Å². The summed E-state index contributed by atoms with van der Waals surface area (Å²) in [5, 5.41) is 0. The van der Waals surface area contributed by atoms with Crippen LogP contribution >= 0.6 is 0 Å². The van der Waals surface area contributed by atoms with Crippen LogP contribution in [0, 0.1) is 12.8 Å². The molecule has 0 aromatic heterocycles. The molecule has 8 rings (SSSR count). The summed E-state index contributed by atoms with van der Waals surface area (Å²) in [5.74, 6) is 1.55. The van der Waals surface area contributed by atoms with Gasteiger partial charge in [0.2, 0.25) is 0 Å². The lowest BCUT2D eigenvalue weighted by atomic mass is 9.83. The molecule has 0 fully saturated rings. The van der Waals surface area contributed by atoms with E-state index in [0.29, 0.717) is 29.8 Å². The minimum absolute atomic E-state index is 0.389. The molecule has 0 saturated heterocycles. The zero-order valence-electron chi connectivity index (χ0n) is 26.8. The van der Waals surface area contributed by atoms with E-state index in [1.807, 2.05) is 0 Å². The van der Waals surface area contributed by atoms with Crippen LogP contribution in [0.4, 0.5) is 17.1 Å². The summed E-state index contributed by atoms with van der Waals surface area (Å²) in [6.45, 7) is 4.51. The first-order valence-corrected chi connectivity index (χ1v) is 17.0. The third-order valence-electron chi connectivity index (χ3n) is 10.4. The van der Waals surface area contributed by atoms with E-state index in [1.54, 1.807) is 0 Å². The highest BCUT2D eigenvalue weighted by molar-refractivity contribution is 5.79. The quantitative estimate of drug-likeness (QED) is 0.204. The molecule has 0 saturated carbocycles. The first-order valence-electron chi connectivity index (χ1n) is 17.0. The minimum atomic E-state index is 0.389. The Balaban J connectivity index is 1.03. The number of para-hydroxylation sites is 1. The van der Waals surface area contributed by atoms with Gasteiger partial charge in [0.15, 0.2) is 0 Å². The molecule has 0 radical (unpaired) electrons. The first-order chi connectivity index (χ1) is 22.6. The van der Waals surface area contributed by atoms with Crippen LogP contribution in [0.25, 0.3) is 5.57 Å². The summed E-state index contributed by atoms with van der Waals surface area (Å²) >= 11 is 0. The number of nitrogens with zero attached hydrogens (tertiary/aromatic N) is 2. The molecule has 0 amide bonds. The highest BCUT2D eigenvalue weighted by Crippen LogP contribution is 2.48. The number of fused-ring (bicyclic) bond motifs is 3. The van der Waals surface area contributed by atoms with Gasteiger partial charge < -0.3 is 9.80 Å². The van der Waals surface area contributed by atoms with Crippen molar-refractivity contribution in [3.05, 3.63) is 180 Å². The van der Waals surface area contributed by atoms with Crippen LogP contribution < -0.4 is 9.80 Å². The third-order valence-corrected chi connectivity index (χ3v) is 10.4. The minimum Gasteiger partial charge on any atom is -0.361 e. The van der Waals surface area contributed by atoms with E-state index in [4.69, 9.17) is 0 Å². The number of allylic oxidation sites excluding steroid dienone is 6. The highest BCUT2D eigenvalue weighted by Gasteiger charge is 2.41. The Labute approximate surface area is 274 Å². The Hall–Kier alpha value is -4.82. The molecule has 2 nitrogen and oxygen atoms in total. The fraction of sp³-hybridized carbons (Fsp3) is 0.227. The monoisotopic (exact) mass is 598 g/mol. The van der Waals surface area contributed by atoms with Crippen molar-refractivity contribution < 1.29 is 0 Å². The molecule has 0 bridgehead atoms. The van der Waals surface area contributed by atoms with E-state index in [1.165, 1.54) is 57.0 Å². The highest BCUT2D eigenvalue weighted by atomic mass is 15.2. The SMILES string of the molecule is Cc1ccc(N(C2=CCC(c3ccccc3)C=C2)c2ccc(C3=CCC(N4c5ccccc5C5C=C[C@@H](C)CC54)C=C3)cc2)cc1. The predicted octanol–water partition coefficient (Wildman–Crippen LogP) is 11.0. The summed E-state index contributed by atoms with van der Waals surface area (Å²) in [4.78, 5) is 5.11. The fourth-order valence-corrected chi connectivity index (χ4v) is 7.94. The summed E-state index contributed by atoms with van der Waals surface area (Å²) in [6.07, 6.45) is 22.4. The molecule has 0 spiro atoms. The van der Waals surface area contributed by atoms with Crippen LogP contribution in [0.15, 0.2) is 157 Å². The largest absolute Gasteiger partial charge is 0.361 e. The zero-order chi connectivity index (χ0) is 31.0. The molecule has 228 valence electrons. The molecule has 4 aromatic carbocycles. The third kappa shape index (κ3) is 5.36. The molecule has 1 aliphatic heterocycles. The van der Waals surface area contributed by atoms with Crippen molar-refractivity contribution in [2.24, 2.45) is 5.92 Å². The van der Waals surface area contributed by atoms with E-state index in [2.05, 4.69) is 175 Å². The lowest BCUT2D eigenvalue weighted by molar-refractivity contribution is 0.444. The van der Waals surface area contributed by atoms with Crippen LogP contribution in [0.2, 0.25) is 0 Å². The Morgan fingerprint density at radius 3 is 2.13 bits per heavy atom. The summed E-state index contributed by atoms with van der Waals surface area (Å²) < 4.78 is 0. The van der Waals surface area contributed by atoms with Crippen molar-refractivity contribution in [2.45, 2.75) is 57.0 Å². The molecular weight excluding hydrogens is 556 g/mol. The van der Waals surface area contributed by atoms with Gasteiger partial charge in [-0.2, -0.15) is 0 Å². The lowest BCUT2D eigenvalue weighted by Gasteiger charge is -2.38. The molecule has 3 aliphatic carbocycles. The maximum absolute atomic E-state index is 2.72. The second kappa shape index (κ2) is 12.2. The predicted molar refractivity (Wildman–Crippen MR) is 195 cm³/mol.